The van der Waals surface area contributed by atoms with Crippen molar-refractivity contribution in [3.05, 3.63) is 40.6 Å². The van der Waals surface area contributed by atoms with E-state index in [0.29, 0.717) is 0 Å². The number of rotatable bonds is 6. The topological polar surface area (TPSA) is 126 Å². The third kappa shape index (κ3) is 2.98. The molecule has 2 atom stereocenters. The number of hydrogen-bond acceptors (Lipinski definition) is 6. The van der Waals surface area contributed by atoms with Gasteiger partial charge in [0.05, 0.1) is 23.1 Å². The first-order valence-corrected chi connectivity index (χ1v) is 7.02. The van der Waals surface area contributed by atoms with Gasteiger partial charge >= 0.3 is 5.97 Å². The van der Waals surface area contributed by atoms with Crippen molar-refractivity contribution in [1.29, 1.82) is 0 Å². The van der Waals surface area contributed by atoms with Crippen LogP contribution in [0.5, 0.6) is 0 Å². The van der Waals surface area contributed by atoms with Crippen molar-refractivity contribution in [3.63, 3.8) is 0 Å². The summed E-state index contributed by atoms with van der Waals surface area (Å²) in [6.07, 6.45) is -1.14. The molecule has 10 nitrogen and oxygen atoms in total. The van der Waals surface area contributed by atoms with E-state index in [9.17, 15) is 19.6 Å². The molecule has 10 heteroatoms. The van der Waals surface area contributed by atoms with Crippen LogP contribution >= 0.6 is 0 Å². The zero-order chi connectivity index (χ0) is 18.0. The molecule has 1 unspecified atom stereocenters. The maximum Gasteiger partial charge on any atom is 0.331 e. The summed E-state index contributed by atoms with van der Waals surface area (Å²) >= 11 is 0. The van der Waals surface area contributed by atoms with Gasteiger partial charge in [0.2, 0.25) is 11.5 Å². The molecule has 1 aliphatic rings. The standard InChI is InChI=1S/C14H16N4O6/c1-8(14(21)22)16(3)18(23)15-24-9(2)17-12(19)10-6-4-5-7-11(10)13(17)20/h4-9H,1-3H3,(H,21,22)/b18-15+/t8-,9?/m0/s1. The maximum absolute atomic E-state index is 12.2. The molecule has 0 fully saturated rings. The van der Waals surface area contributed by atoms with E-state index in [1.807, 2.05) is 0 Å². The molecule has 2 amide bonds. The van der Waals surface area contributed by atoms with E-state index in [2.05, 4.69) is 5.28 Å². The fourth-order valence-corrected chi connectivity index (χ4v) is 2.06. The molecule has 1 heterocycles. The molecule has 0 aromatic heterocycles. The molecule has 1 aromatic rings. The Morgan fingerprint density at radius 2 is 1.79 bits per heavy atom. The quantitative estimate of drug-likeness (QED) is 0.353. The largest absolute Gasteiger partial charge is 0.569 e. The van der Waals surface area contributed by atoms with Crippen LogP contribution in [0.25, 0.3) is 0 Å². The molecule has 1 N–H and O–H groups in total. The zero-order valence-electron chi connectivity index (χ0n) is 13.2. The number of fused-ring (bicyclic) bond motifs is 1. The number of carbonyl (C=O) groups is 3. The van der Waals surface area contributed by atoms with E-state index in [1.165, 1.54) is 33.0 Å². The summed E-state index contributed by atoms with van der Waals surface area (Å²) in [5.41, 5.74) is 0.488. The smallest absolute Gasteiger partial charge is 0.331 e. The summed E-state index contributed by atoms with van der Waals surface area (Å²) in [4.78, 5) is 40.9. The fraction of sp³-hybridized carbons (Fsp3) is 0.357. The Hall–Kier alpha value is -3.17. The second-order valence-corrected chi connectivity index (χ2v) is 5.15. The first-order valence-electron chi connectivity index (χ1n) is 7.02. The molecule has 0 bridgehead atoms. The summed E-state index contributed by atoms with van der Waals surface area (Å²) in [6, 6.07) is 5.16. The summed E-state index contributed by atoms with van der Waals surface area (Å²) in [5.74, 6) is -2.33. The van der Waals surface area contributed by atoms with Gasteiger partial charge in [-0.1, -0.05) is 12.1 Å². The highest BCUT2D eigenvalue weighted by Crippen LogP contribution is 2.24. The number of amides is 2. The Bertz CT molecular complexity index is 684. The Morgan fingerprint density at radius 3 is 2.25 bits per heavy atom. The van der Waals surface area contributed by atoms with E-state index in [-0.39, 0.29) is 16.1 Å². The number of likely N-dealkylation sites (N-methyl/N-ethyl adjacent to an activating group) is 1. The van der Waals surface area contributed by atoms with Crippen molar-refractivity contribution in [3.8, 4) is 0 Å². The number of carboxylic acid groups (broad SMARTS) is 1. The number of nitrogens with zero attached hydrogens (tertiary/aromatic N) is 4. The molecule has 0 aliphatic carbocycles. The third-order valence-electron chi connectivity index (χ3n) is 3.65. The van der Waals surface area contributed by atoms with Gasteiger partial charge in [0.1, 0.15) is 0 Å². The van der Waals surface area contributed by atoms with Crippen LogP contribution in [0.15, 0.2) is 29.5 Å². The van der Waals surface area contributed by atoms with Gasteiger partial charge in [-0.25, -0.2) is 9.69 Å². The Labute approximate surface area is 137 Å². The minimum Gasteiger partial charge on any atom is -0.569 e. The van der Waals surface area contributed by atoms with E-state index in [4.69, 9.17) is 9.94 Å². The predicted molar refractivity (Wildman–Crippen MR) is 78.4 cm³/mol. The van der Waals surface area contributed by atoms with Crippen molar-refractivity contribution >= 4 is 17.8 Å². The summed E-state index contributed by atoms with van der Waals surface area (Å²) in [5, 5.41) is 24.5. The highest BCUT2D eigenvalue weighted by atomic mass is 16.7. The van der Waals surface area contributed by atoms with Gasteiger partial charge in [0.15, 0.2) is 6.04 Å². The average molecular weight is 336 g/mol. The lowest BCUT2D eigenvalue weighted by Crippen LogP contribution is -2.42. The molecule has 1 aliphatic heterocycles. The van der Waals surface area contributed by atoms with Gasteiger partial charge in [-0.05, 0) is 26.0 Å². The number of carboxylic acids is 1. The second-order valence-electron chi connectivity index (χ2n) is 5.15. The zero-order valence-corrected chi connectivity index (χ0v) is 13.2. The predicted octanol–water partition coefficient (Wildman–Crippen LogP) is 0.843. The van der Waals surface area contributed by atoms with Gasteiger partial charge in [0, 0.05) is 0 Å². The Morgan fingerprint density at radius 1 is 1.29 bits per heavy atom. The SMILES string of the molecule is CC(O/N=[N+](/[O-])N(C)[C@@H](C)C(=O)O)N1C(=O)c2ccccc2C1=O. The van der Waals surface area contributed by atoms with Crippen molar-refractivity contribution in [2.45, 2.75) is 26.1 Å². The summed E-state index contributed by atoms with van der Waals surface area (Å²) in [6.45, 7) is 2.66. The second kappa shape index (κ2) is 6.52. The van der Waals surface area contributed by atoms with Crippen LogP contribution in [-0.4, -0.2) is 57.1 Å². The number of benzene rings is 1. The van der Waals surface area contributed by atoms with Crippen molar-refractivity contribution in [2.24, 2.45) is 5.28 Å². The maximum atomic E-state index is 12.2. The number of hydrazine groups is 1. The lowest BCUT2D eigenvalue weighted by molar-refractivity contribution is -0.711. The molecule has 0 saturated carbocycles. The number of aliphatic carboxylic acids is 1. The molecule has 0 saturated heterocycles. The molecular formula is C14H16N4O6. The average Bonchev–Trinajstić information content (AvgIpc) is 2.82. The minimum atomic E-state index is -1.22. The lowest BCUT2D eigenvalue weighted by atomic mass is 10.1. The third-order valence-corrected chi connectivity index (χ3v) is 3.65. The highest BCUT2D eigenvalue weighted by molar-refractivity contribution is 6.21. The Kier molecular flexibility index (Phi) is 4.67. The normalized spacial score (nSPS) is 16.6. The van der Waals surface area contributed by atoms with E-state index in [0.717, 1.165) is 9.91 Å². The van der Waals surface area contributed by atoms with Gasteiger partial charge in [-0.3, -0.25) is 9.59 Å². The first kappa shape index (κ1) is 17.2. The summed E-state index contributed by atoms with van der Waals surface area (Å²) in [7, 11) is 1.21. The van der Waals surface area contributed by atoms with E-state index < -0.39 is 30.1 Å². The van der Waals surface area contributed by atoms with Crippen LogP contribution in [0.3, 0.4) is 0 Å². The minimum absolute atomic E-state index is 0.0621. The van der Waals surface area contributed by atoms with Crippen LogP contribution in [0.2, 0.25) is 0 Å². The molecule has 24 heavy (non-hydrogen) atoms. The molecule has 2 rings (SSSR count). The molecular weight excluding hydrogens is 320 g/mol. The fourth-order valence-electron chi connectivity index (χ4n) is 2.06. The monoisotopic (exact) mass is 336 g/mol. The van der Waals surface area contributed by atoms with Crippen molar-refractivity contribution < 1.29 is 29.3 Å². The molecule has 128 valence electrons. The van der Waals surface area contributed by atoms with Crippen LogP contribution < -0.4 is 0 Å². The summed E-state index contributed by atoms with van der Waals surface area (Å²) < 4.78 is 0. The van der Waals surface area contributed by atoms with Crippen molar-refractivity contribution in [1.82, 2.24) is 9.91 Å². The first-order chi connectivity index (χ1) is 11.3. The Balaban J connectivity index is 2.10. The van der Waals surface area contributed by atoms with Gasteiger partial charge in [0.25, 0.3) is 11.8 Å². The van der Waals surface area contributed by atoms with Gasteiger partial charge in [-0.15, -0.1) is 5.01 Å². The number of hydrogen-bond donors (Lipinski definition) is 1. The van der Waals surface area contributed by atoms with Crippen LogP contribution in [-0.2, 0) is 9.63 Å². The van der Waals surface area contributed by atoms with E-state index in [1.54, 1.807) is 12.1 Å². The number of carbonyl (C=O) groups excluding carboxylic acids is 2. The van der Waals surface area contributed by atoms with Crippen LogP contribution in [0.1, 0.15) is 34.6 Å². The molecule has 0 radical (unpaired) electrons. The lowest BCUT2D eigenvalue weighted by Gasteiger charge is -2.20. The van der Waals surface area contributed by atoms with Crippen molar-refractivity contribution in [2.75, 3.05) is 7.05 Å². The molecule has 1 aromatic carbocycles. The van der Waals surface area contributed by atoms with Gasteiger partial charge < -0.3 is 15.2 Å². The van der Waals surface area contributed by atoms with E-state index >= 15 is 0 Å². The van der Waals surface area contributed by atoms with Crippen LogP contribution in [0.4, 0.5) is 0 Å². The number of imide groups is 1. The molecule has 0 spiro atoms. The van der Waals surface area contributed by atoms with Gasteiger partial charge in [-0.2, -0.15) is 0 Å². The van der Waals surface area contributed by atoms with Crippen LogP contribution in [0, 0.1) is 5.21 Å². The highest BCUT2D eigenvalue weighted by Gasteiger charge is 2.39.